The predicted octanol–water partition coefficient (Wildman–Crippen LogP) is 3.65. The fourth-order valence-electron chi connectivity index (χ4n) is 2.48. The molecule has 0 unspecified atom stereocenters. The molecule has 0 spiro atoms. The Balaban J connectivity index is 1.88. The second kappa shape index (κ2) is 8.53. The van der Waals surface area contributed by atoms with Crippen molar-refractivity contribution in [1.29, 1.82) is 0 Å². The molecule has 1 N–H and O–H groups in total. The molecule has 7 nitrogen and oxygen atoms in total. The molecule has 3 aromatic rings. The number of hydrogen-bond donors (Lipinski definition) is 1. The molecule has 0 aliphatic heterocycles. The van der Waals surface area contributed by atoms with Crippen molar-refractivity contribution in [2.24, 2.45) is 0 Å². The molecule has 7 heteroatoms. The number of nitrogens with one attached hydrogen (secondary N) is 1. The molecule has 0 radical (unpaired) electrons. The molecule has 0 bridgehead atoms. The van der Waals surface area contributed by atoms with Crippen molar-refractivity contribution >= 4 is 5.95 Å². The highest BCUT2D eigenvalue weighted by Crippen LogP contribution is 2.30. The van der Waals surface area contributed by atoms with Crippen molar-refractivity contribution in [3.63, 3.8) is 0 Å². The van der Waals surface area contributed by atoms with Gasteiger partial charge in [0, 0.05) is 49.5 Å². The Hall–Kier alpha value is -2.80. The average Bonchev–Trinajstić information content (AvgIpc) is 3.08. The molecule has 0 atom stereocenters. The van der Waals surface area contributed by atoms with Gasteiger partial charge in [0.25, 0.3) is 0 Å². The van der Waals surface area contributed by atoms with Crippen LogP contribution in [0.4, 0.5) is 5.95 Å². The van der Waals surface area contributed by atoms with Crippen LogP contribution in [-0.4, -0.2) is 39.9 Å². The van der Waals surface area contributed by atoms with Gasteiger partial charge in [0.05, 0.1) is 17.0 Å². The van der Waals surface area contributed by atoms with Gasteiger partial charge in [-0.2, -0.15) is 0 Å². The van der Waals surface area contributed by atoms with Crippen molar-refractivity contribution in [2.75, 3.05) is 25.1 Å². The number of pyridine rings is 1. The van der Waals surface area contributed by atoms with Gasteiger partial charge in [-0.15, -0.1) is 0 Å². The number of aromatic nitrogens is 4. The van der Waals surface area contributed by atoms with E-state index in [1.807, 2.05) is 45.2 Å². The van der Waals surface area contributed by atoms with E-state index < -0.39 is 0 Å². The minimum absolute atomic E-state index is 0.567. The van der Waals surface area contributed by atoms with Crippen LogP contribution in [0.15, 0.2) is 35.1 Å². The van der Waals surface area contributed by atoms with Crippen molar-refractivity contribution in [1.82, 2.24) is 20.1 Å². The van der Waals surface area contributed by atoms with Crippen LogP contribution < -0.4 is 5.32 Å². The Labute approximate surface area is 152 Å². The van der Waals surface area contributed by atoms with Crippen molar-refractivity contribution < 1.29 is 9.26 Å². The lowest BCUT2D eigenvalue weighted by molar-refractivity contribution is 0.147. The summed E-state index contributed by atoms with van der Waals surface area (Å²) < 4.78 is 10.8. The van der Waals surface area contributed by atoms with Gasteiger partial charge in [-0.05, 0) is 39.3 Å². The van der Waals surface area contributed by atoms with Gasteiger partial charge in [0.15, 0.2) is 5.76 Å². The first-order valence-electron chi connectivity index (χ1n) is 8.72. The summed E-state index contributed by atoms with van der Waals surface area (Å²) in [7, 11) is 0. The highest BCUT2D eigenvalue weighted by molar-refractivity contribution is 5.78. The van der Waals surface area contributed by atoms with E-state index in [2.05, 4.69) is 25.4 Å². The molecular weight excluding hydrogens is 330 g/mol. The molecule has 3 rings (SSSR count). The largest absolute Gasteiger partial charge is 0.382 e. The maximum atomic E-state index is 5.41. The Morgan fingerprint density at radius 1 is 1.12 bits per heavy atom. The molecule has 3 aromatic heterocycles. The summed E-state index contributed by atoms with van der Waals surface area (Å²) in [6.45, 7) is 8.01. The van der Waals surface area contributed by atoms with Crippen molar-refractivity contribution in [3.8, 4) is 22.6 Å². The summed E-state index contributed by atoms with van der Waals surface area (Å²) in [4.78, 5) is 13.5. The van der Waals surface area contributed by atoms with Gasteiger partial charge < -0.3 is 14.6 Å². The third-order valence-electron chi connectivity index (χ3n) is 3.82. The van der Waals surface area contributed by atoms with E-state index in [9.17, 15) is 0 Å². The van der Waals surface area contributed by atoms with E-state index in [0.717, 1.165) is 47.8 Å². The van der Waals surface area contributed by atoms with E-state index >= 15 is 0 Å². The molecule has 0 aromatic carbocycles. The minimum Gasteiger partial charge on any atom is -0.382 e. The zero-order valence-electron chi connectivity index (χ0n) is 15.3. The third kappa shape index (κ3) is 4.43. The number of ether oxygens (including phenoxy) is 1. The summed E-state index contributed by atoms with van der Waals surface area (Å²) in [6.07, 6.45) is 4.46. The standard InChI is InChI=1S/C19H23N5O2/c1-4-25-9-5-8-20-19-22-12-16(17-10-14(3)24-26-17)18(23-19)15-7-6-13(2)21-11-15/h6-7,10-12H,4-5,8-9H2,1-3H3,(H,20,22,23). The first kappa shape index (κ1) is 18.0. The molecule has 26 heavy (non-hydrogen) atoms. The zero-order valence-corrected chi connectivity index (χ0v) is 15.3. The number of nitrogens with zero attached hydrogens (tertiary/aromatic N) is 4. The van der Waals surface area contributed by atoms with E-state index in [0.29, 0.717) is 18.3 Å². The Kier molecular flexibility index (Phi) is 5.91. The fourth-order valence-corrected chi connectivity index (χ4v) is 2.48. The van der Waals surface area contributed by atoms with E-state index in [-0.39, 0.29) is 0 Å². The molecular formula is C19H23N5O2. The molecule has 0 fully saturated rings. The third-order valence-corrected chi connectivity index (χ3v) is 3.82. The SMILES string of the molecule is CCOCCCNc1ncc(-c2cc(C)no2)c(-c2ccc(C)nc2)n1. The monoisotopic (exact) mass is 353 g/mol. The van der Waals surface area contributed by atoms with Gasteiger partial charge in [-0.3, -0.25) is 4.98 Å². The Morgan fingerprint density at radius 2 is 2.00 bits per heavy atom. The first-order chi connectivity index (χ1) is 12.7. The Bertz CT molecular complexity index is 845. The van der Waals surface area contributed by atoms with Gasteiger partial charge >= 0.3 is 0 Å². The fraction of sp³-hybridized carbons (Fsp3) is 0.368. The average molecular weight is 353 g/mol. The van der Waals surface area contributed by atoms with Gasteiger partial charge in [0.1, 0.15) is 0 Å². The Morgan fingerprint density at radius 3 is 2.69 bits per heavy atom. The van der Waals surface area contributed by atoms with Crippen LogP contribution in [0.5, 0.6) is 0 Å². The van der Waals surface area contributed by atoms with E-state index in [1.54, 1.807) is 6.20 Å². The highest BCUT2D eigenvalue weighted by atomic mass is 16.5. The number of hydrogen-bond acceptors (Lipinski definition) is 7. The maximum absolute atomic E-state index is 5.41. The number of rotatable bonds is 8. The molecule has 0 amide bonds. The lowest BCUT2D eigenvalue weighted by atomic mass is 10.1. The maximum Gasteiger partial charge on any atom is 0.223 e. The topological polar surface area (TPSA) is 86.0 Å². The van der Waals surface area contributed by atoms with Crippen LogP contribution in [-0.2, 0) is 4.74 Å². The van der Waals surface area contributed by atoms with Crippen LogP contribution in [0.25, 0.3) is 22.6 Å². The van der Waals surface area contributed by atoms with Crippen LogP contribution in [0, 0.1) is 13.8 Å². The van der Waals surface area contributed by atoms with Crippen LogP contribution >= 0.6 is 0 Å². The predicted molar refractivity (Wildman–Crippen MR) is 99.8 cm³/mol. The van der Waals surface area contributed by atoms with Gasteiger partial charge in [-0.1, -0.05) is 5.16 Å². The zero-order chi connectivity index (χ0) is 18.4. The van der Waals surface area contributed by atoms with E-state index in [4.69, 9.17) is 9.26 Å². The van der Waals surface area contributed by atoms with Crippen LogP contribution in [0.2, 0.25) is 0 Å². The molecule has 0 saturated heterocycles. The van der Waals surface area contributed by atoms with Gasteiger partial charge in [-0.25, -0.2) is 9.97 Å². The summed E-state index contributed by atoms with van der Waals surface area (Å²) in [5.74, 6) is 1.21. The second-order valence-corrected chi connectivity index (χ2v) is 5.95. The minimum atomic E-state index is 0.567. The number of anilines is 1. The number of aryl methyl sites for hydroxylation is 2. The van der Waals surface area contributed by atoms with E-state index in [1.165, 1.54) is 0 Å². The molecule has 3 heterocycles. The normalized spacial score (nSPS) is 10.9. The summed E-state index contributed by atoms with van der Waals surface area (Å²) in [6, 6.07) is 5.83. The first-order valence-corrected chi connectivity index (χ1v) is 8.72. The molecule has 0 aliphatic carbocycles. The molecule has 136 valence electrons. The smallest absolute Gasteiger partial charge is 0.223 e. The second-order valence-electron chi connectivity index (χ2n) is 5.95. The van der Waals surface area contributed by atoms with Crippen LogP contribution in [0.3, 0.4) is 0 Å². The van der Waals surface area contributed by atoms with Crippen LogP contribution in [0.1, 0.15) is 24.7 Å². The highest BCUT2D eigenvalue weighted by Gasteiger charge is 2.15. The quantitative estimate of drug-likeness (QED) is 0.619. The lowest BCUT2D eigenvalue weighted by Crippen LogP contribution is -2.09. The summed E-state index contributed by atoms with van der Waals surface area (Å²) >= 11 is 0. The summed E-state index contributed by atoms with van der Waals surface area (Å²) in [5, 5.41) is 7.21. The molecule has 0 saturated carbocycles. The van der Waals surface area contributed by atoms with Gasteiger partial charge in [0.2, 0.25) is 5.95 Å². The van der Waals surface area contributed by atoms with Crippen molar-refractivity contribution in [3.05, 3.63) is 42.0 Å². The lowest BCUT2D eigenvalue weighted by Gasteiger charge is -2.10. The molecule has 0 aliphatic rings. The van der Waals surface area contributed by atoms with Crippen molar-refractivity contribution in [2.45, 2.75) is 27.2 Å². The summed E-state index contributed by atoms with van der Waals surface area (Å²) in [5.41, 5.74) is 4.21.